The molecular formula is C12H19N5S. The van der Waals surface area contributed by atoms with Crippen molar-refractivity contribution in [1.82, 2.24) is 24.4 Å². The normalized spacial score (nSPS) is 13.2. The van der Waals surface area contributed by atoms with Gasteiger partial charge >= 0.3 is 0 Å². The van der Waals surface area contributed by atoms with Crippen LogP contribution in [0.25, 0.3) is 0 Å². The first-order valence-corrected chi connectivity index (χ1v) is 6.79. The Morgan fingerprint density at radius 3 is 2.83 bits per heavy atom. The van der Waals surface area contributed by atoms with Crippen molar-refractivity contribution in [2.45, 2.75) is 30.9 Å². The lowest BCUT2D eigenvalue weighted by Gasteiger charge is -2.18. The van der Waals surface area contributed by atoms with Gasteiger partial charge in [0, 0.05) is 24.3 Å². The molecule has 0 radical (unpaired) electrons. The van der Waals surface area contributed by atoms with Gasteiger partial charge in [0.15, 0.2) is 5.16 Å². The molecule has 0 aliphatic heterocycles. The Balaban J connectivity index is 2.08. The fourth-order valence-corrected chi connectivity index (χ4v) is 2.40. The Bertz CT molecular complexity index is 502. The molecule has 0 saturated heterocycles. The summed E-state index contributed by atoms with van der Waals surface area (Å²) >= 11 is 1.75. The summed E-state index contributed by atoms with van der Waals surface area (Å²) in [6, 6.07) is 0. The van der Waals surface area contributed by atoms with Crippen LogP contribution in [0.15, 0.2) is 23.7 Å². The van der Waals surface area contributed by atoms with E-state index in [4.69, 9.17) is 0 Å². The molecule has 0 fully saturated rings. The van der Waals surface area contributed by atoms with E-state index in [2.05, 4.69) is 45.4 Å². The van der Waals surface area contributed by atoms with Crippen LogP contribution in [0.4, 0.5) is 0 Å². The molecule has 1 atom stereocenters. The molecule has 0 spiro atoms. The third-order valence-corrected chi connectivity index (χ3v) is 4.07. The lowest BCUT2D eigenvalue weighted by Crippen LogP contribution is -2.21. The monoisotopic (exact) mass is 265 g/mol. The molecule has 2 aromatic heterocycles. The number of nitrogens with zero attached hydrogens (tertiary/aromatic N) is 4. The molecule has 18 heavy (non-hydrogen) atoms. The minimum atomic E-state index is 0.393. The van der Waals surface area contributed by atoms with Gasteiger partial charge < -0.3 is 9.55 Å². The molecule has 5 nitrogen and oxygen atoms in total. The Morgan fingerprint density at radius 2 is 2.22 bits per heavy atom. The van der Waals surface area contributed by atoms with E-state index in [0.29, 0.717) is 5.37 Å². The third-order valence-electron chi connectivity index (χ3n) is 2.76. The number of hydrogen-bond acceptors (Lipinski definition) is 4. The highest BCUT2D eigenvalue weighted by Gasteiger charge is 2.12. The molecule has 6 heteroatoms. The minimum Gasteiger partial charge on any atom is -0.345 e. The first-order chi connectivity index (χ1) is 8.56. The molecule has 0 saturated carbocycles. The summed E-state index contributed by atoms with van der Waals surface area (Å²) in [7, 11) is 4.14. The number of aromatic nitrogens is 4. The van der Waals surface area contributed by atoms with Gasteiger partial charge in [0.05, 0.1) is 11.9 Å². The lowest BCUT2D eigenvalue weighted by molar-refractivity contribution is 0.401. The summed E-state index contributed by atoms with van der Waals surface area (Å²) in [6.45, 7) is 4.91. The molecule has 0 aliphatic carbocycles. The fourth-order valence-electron chi connectivity index (χ4n) is 1.50. The Morgan fingerprint density at radius 1 is 1.44 bits per heavy atom. The lowest BCUT2D eigenvalue weighted by atomic mass is 10.5. The minimum absolute atomic E-state index is 0.393. The fraction of sp³-hybridized carbons (Fsp3) is 0.500. The van der Waals surface area contributed by atoms with Crippen LogP contribution < -0.4 is 0 Å². The number of imidazole rings is 2. The number of H-pyrrole nitrogens is 1. The van der Waals surface area contributed by atoms with E-state index in [-0.39, 0.29) is 0 Å². The van der Waals surface area contributed by atoms with Crippen molar-refractivity contribution in [3.63, 3.8) is 0 Å². The Labute approximate surface area is 112 Å². The van der Waals surface area contributed by atoms with Crippen molar-refractivity contribution >= 4 is 11.8 Å². The molecule has 2 aromatic rings. The summed E-state index contributed by atoms with van der Waals surface area (Å²) < 4.78 is 2.11. The highest BCUT2D eigenvalue weighted by molar-refractivity contribution is 7.99. The van der Waals surface area contributed by atoms with Gasteiger partial charge in [0.25, 0.3) is 0 Å². The molecule has 2 rings (SSSR count). The molecule has 0 bridgehead atoms. The topological polar surface area (TPSA) is 49.7 Å². The van der Waals surface area contributed by atoms with Crippen molar-refractivity contribution < 1.29 is 0 Å². The van der Waals surface area contributed by atoms with Gasteiger partial charge in [-0.3, -0.25) is 4.90 Å². The number of hydrogen-bond donors (Lipinski definition) is 1. The van der Waals surface area contributed by atoms with E-state index in [1.54, 1.807) is 11.8 Å². The summed E-state index contributed by atoms with van der Waals surface area (Å²) in [5, 5.41) is 1.41. The zero-order chi connectivity index (χ0) is 13.1. The average Bonchev–Trinajstić information content (AvgIpc) is 2.89. The number of nitrogens with one attached hydrogen (secondary N) is 1. The Kier molecular flexibility index (Phi) is 4.08. The molecule has 1 unspecified atom stereocenters. The maximum absolute atomic E-state index is 4.40. The molecule has 98 valence electrons. The van der Waals surface area contributed by atoms with Gasteiger partial charge in [0.1, 0.15) is 5.82 Å². The molecule has 2 heterocycles. The zero-order valence-corrected chi connectivity index (χ0v) is 12.0. The zero-order valence-electron chi connectivity index (χ0n) is 11.2. The van der Waals surface area contributed by atoms with Crippen LogP contribution in [0, 0.1) is 6.92 Å². The van der Waals surface area contributed by atoms with Crippen LogP contribution in [0.5, 0.6) is 0 Å². The van der Waals surface area contributed by atoms with Crippen LogP contribution in [0.1, 0.15) is 18.4 Å². The average molecular weight is 265 g/mol. The standard InChI is InChI=1S/C12H19N5S/c1-9-7-14-11(15-9)8-17-6-5-13-12(17)18-10(2)16(3)4/h5-7,10H,8H2,1-4H3,(H,14,15). The van der Waals surface area contributed by atoms with Crippen LogP contribution in [0.3, 0.4) is 0 Å². The Hall–Kier alpha value is -1.27. The van der Waals surface area contributed by atoms with Gasteiger partial charge in [0.2, 0.25) is 0 Å². The van der Waals surface area contributed by atoms with Gasteiger partial charge in [-0.15, -0.1) is 0 Å². The van der Waals surface area contributed by atoms with Gasteiger partial charge in [-0.05, 0) is 27.9 Å². The van der Waals surface area contributed by atoms with E-state index < -0.39 is 0 Å². The first kappa shape index (κ1) is 13.2. The second-order valence-corrected chi connectivity index (χ2v) is 5.81. The predicted molar refractivity (Wildman–Crippen MR) is 73.7 cm³/mol. The number of aromatic amines is 1. The second-order valence-electron chi connectivity index (χ2n) is 4.53. The van der Waals surface area contributed by atoms with Crippen LogP contribution >= 0.6 is 11.8 Å². The van der Waals surface area contributed by atoms with Gasteiger partial charge in [-0.25, -0.2) is 9.97 Å². The molecular weight excluding hydrogens is 246 g/mol. The largest absolute Gasteiger partial charge is 0.345 e. The van der Waals surface area contributed by atoms with E-state index in [1.807, 2.05) is 25.5 Å². The van der Waals surface area contributed by atoms with E-state index in [0.717, 1.165) is 23.2 Å². The highest BCUT2D eigenvalue weighted by atomic mass is 32.2. The molecule has 0 amide bonds. The number of thioether (sulfide) groups is 1. The summed E-state index contributed by atoms with van der Waals surface area (Å²) in [4.78, 5) is 14.1. The molecule has 0 aromatic carbocycles. The van der Waals surface area contributed by atoms with Crippen LogP contribution in [0.2, 0.25) is 0 Å². The van der Waals surface area contributed by atoms with E-state index in [1.165, 1.54) is 0 Å². The number of rotatable bonds is 5. The van der Waals surface area contributed by atoms with Crippen molar-refractivity contribution in [2.75, 3.05) is 14.1 Å². The molecule has 0 aliphatic rings. The maximum atomic E-state index is 4.40. The quantitative estimate of drug-likeness (QED) is 0.663. The van der Waals surface area contributed by atoms with Crippen molar-refractivity contribution in [2.24, 2.45) is 0 Å². The van der Waals surface area contributed by atoms with Crippen LogP contribution in [-0.4, -0.2) is 43.9 Å². The SMILES string of the molecule is Cc1cnc(Cn2ccnc2SC(C)N(C)C)[nH]1. The number of aryl methyl sites for hydroxylation is 1. The van der Waals surface area contributed by atoms with Crippen molar-refractivity contribution in [3.8, 4) is 0 Å². The van der Waals surface area contributed by atoms with E-state index >= 15 is 0 Å². The first-order valence-electron chi connectivity index (χ1n) is 5.91. The van der Waals surface area contributed by atoms with Gasteiger partial charge in [-0.2, -0.15) is 0 Å². The summed E-state index contributed by atoms with van der Waals surface area (Å²) in [5.41, 5.74) is 1.08. The summed E-state index contributed by atoms with van der Waals surface area (Å²) in [6.07, 6.45) is 5.67. The third kappa shape index (κ3) is 3.14. The van der Waals surface area contributed by atoms with Gasteiger partial charge in [-0.1, -0.05) is 11.8 Å². The van der Waals surface area contributed by atoms with Crippen molar-refractivity contribution in [1.29, 1.82) is 0 Å². The molecule has 1 N–H and O–H groups in total. The maximum Gasteiger partial charge on any atom is 0.169 e. The van der Waals surface area contributed by atoms with E-state index in [9.17, 15) is 0 Å². The smallest absolute Gasteiger partial charge is 0.169 e. The highest BCUT2D eigenvalue weighted by Crippen LogP contribution is 2.22. The second kappa shape index (κ2) is 5.58. The summed E-state index contributed by atoms with van der Waals surface area (Å²) in [5.74, 6) is 0.963. The van der Waals surface area contributed by atoms with Crippen molar-refractivity contribution in [3.05, 3.63) is 30.1 Å². The van der Waals surface area contributed by atoms with Crippen LogP contribution in [-0.2, 0) is 6.54 Å². The predicted octanol–water partition coefficient (Wildman–Crippen LogP) is 1.96.